The zero-order valence-electron chi connectivity index (χ0n) is 11.7. The van der Waals surface area contributed by atoms with Crippen LogP contribution in [0.2, 0.25) is 0 Å². The molecule has 0 bridgehead atoms. The van der Waals surface area contributed by atoms with Crippen LogP contribution >= 0.6 is 0 Å². The van der Waals surface area contributed by atoms with E-state index >= 15 is 0 Å². The summed E-state index contributed by atoms with van der Waals surface area (Å²) in [5, 5.41) is 11.8. The standard InChI is InChI=1S/C14H20N2O3/c1-9-5-6-10(7-15-9)8-16-12(17)11(13(18)19)14(2,3)4/h5-7,11H,8H2,1-4H3,(H,16,17)(H,18,19). The number of carboxylic acid groups (broad SMARTS) is 1. The van der Waals surface area contributed by atoms with Gasteiger partial charge < -0.3 is 10.4 Å². The topological polar surface area (TPSA) is 79.3 Å². The van der Waals surface area contributed by atoms with Crippen molar-refractivity contribution in [3.63, 3.8) is 0 Å². The van der Waals surface area contributed by atoms with Crippen molar-refractivity contribution in [3.8, 4) is 0 Å². The number of aryl methyl sites for hydroxylation is 1. The first kappa shape index (κ1) is 15.1. The van der Waals surface area contributed by atoms with Crippen LogP contribution in [-0.4, -0.2) is 22.0 Å². The van der Waals surface area contributed by atoms with Gasteiger partial charge in [0.2, 0.25) is 5.91 Å². The van der Waals surface area contributed by atoms with Crippen LogP contribution < -0.4 is 5.32 Å². The summed E-state index contributed by atoms with van der Waals surface area (Å²) in [4.78, 5) is 27.2. The van der Waals surface area contributed by atoms with Gasteiger partial charge >= 0.3 is 5.97 Å². The fraction of sp³-hybridized carbons (Fsp3) is 0.500. The fourth-order valence-corrected chi connectivity index (χ4v) is 1.77. The van der Waals surface area contributed by atoms with Crippen molar-refractivity contribution in [1.29, 1.82) is 0 Å². The molecule has 1 aromatic rings. The van der Waals surface area contributed by atoms with Crippen LogP contribution in [-0.2, 0) is 16.1 Å². The molecule has 0 aliphatic carbocycles. The van der Waals surface area contributed by atoms with Crippen LogP contribution in [0.1, 0.15) is 32.0 Å². The van der Waals surface area contributed by atoms with Crippen molar-refractivity contribution in [2.75, 3.05) is 0 Å². The molecule has 0 aliphatic heterocycles. The maximum atomic E-state index is 12.0. The number of rotatable bonds is 4. The first-order valence-electron chi connectivity index (χ1n) is 6.14. The lowest BCUT2D eigenvalue weighted by Gasteiger charge is -2.25. The lowest BCUT2D eigenvalue weighted by Crippen LogP contribution is -2.42. The number of nitrogens with one attached hydrogen (secondary N) is 1. The number of carboxylic acids is 1. The lowest BCUT2D eigenvalue weighted by molar-refractivity contribution is -0.151. The van der Waals surface area contributed by atoms with Gasteiger partial charge in [0.05, 0.1) is 0 Å². The smallest absolute Gasteiger partial charge is 0.316 e. The Labute approximate surface area is 113 Å². The highest BCUT2D eigenvalue weighted by Gasteiger charge is 2.37. The van der Waals surface area contributed by atoms with Crippen LogP contribution in [0.25, 0.3) is 0 Å². The number of aromatic nitrogens is 1. The molecule has 1 amide bonds. The predicted molar refractivity (Wildman–Crippen MR) is 71.4 cm³/mol. The van der Waals surface area contributed by atoms with Crippen molar-refractivity contribution < 1.29 is 14.7 Å². The molecule has 0 aliphatic rings. The largest absolute Gasteiger partial charge is 0.481 e. The molecule has 1 heterocycles. The number of carbonyl (C=O) groups is 2. The average Bonchev–Trinajstić information content (AvgIpc) is 2.25. The third-order valence-corrected chi connectivity index (χ3v) is 2.81. The summed E-state index contributed by atoms with van der Waals surface area (Å²) < 4.78 is 0. The normalized spacial score (nSPS) is 12.8. The molecule has 2 N–H and O–H groups in total. The number of hydrogen-bond acceptors (Lipinski definition) is 3. The van der Waals surface area contributed by atoms with Crippen LogP contribution in [0.3, 0.4) is 0 Å². The molecule has 0 saturated carbocycles. The van der Waals surface area contributed by atoms with Crippen molar-refractivity contribution in [3.05, 3.63) is 29.6 Å². The van der Waals surface area contributed by atoms with E-state index in [0.717, 1.165) is 11.3 Å². The summed E-state index contributed by atoms with van der Waals surface area (Å²) in [6.45, 7) is 7.37. The van der Waals surface area contributed by atoms with E-state index in [9.17, 15) is 9.59 Å². The van der Waals surface area contributed by atoms with Gasteiger partial charge in [0.15, 0.2) is 0 Å². The Bertz CT molecular complexity index is 461. The molecule has 1 rings (SSSR count). The molecule has 1 aromatic heterocycles. The first-order chi connectivity index (χ1) is 8.71. The third kappa shape index (κ3) is 4.35. The molecule has 1 atom stereocenters. The number of aliphatic carboxylic acids is 1. The molecular weight excluding hydrogens is 244 g/mol. The summed E-state index contributed by atoms with van der Waals surface area (Å²) in [5.41, 5.74) is 1.12. The van der Waals surface area contributed by atoms with Gasteiger partial charge in [-0.2, -0.15) is 0 Å². The average molecular weight is 264 g/mol. The second-order valence-electron chi connectivity index (χ2n) is 5.66. The number of amides is 1. The summed E-state index contributed by atoms with van der Waals surface area (Å²) in [5.74, 6) is -2.64. The Morgan fingerprint density at radius 1 is 1.37 bits per heavy atom. The van der Waals surface area contributed by atoms with E-state index in [1.807, 2.05) is 19.1 Å². The maximum absolute atomic E-state index is 12.0. The Balaban J connectivity index is 2.68. The van der Waals surface area contributed by atoms with Crippen LogP contribution in [0, 0.1) is 18.3 Å². The molecule has 0 fully saturated rings. The van der Waals surface area contributed by atoms with E-state index in [1.54, 1.807) is 27.0 Å². The van der Waals surface area contributed by atoms with E-state index in [2.05, 4.69) is 10.3 Å². The monoisotopic (exact) mass is 264 g/mol. The molecule has 104 valence electrons. The number of pyridine rings is 1. The Kier molecular flexibility index (Phi) is 4.64. The molecule has 5 nitrogen and oxygen atoms in total. The van der Waals surface area contributed by atoms with Gasteiger partial charge in [-0.15, -0.1) is 0 Å². The molecule has 0 spiro atoms. The van der Waals surface area contributed by atoms with Gasteiger partial charge in [0, 0.05) is 18.4 Å². The van der Waals surface area contributed by atoms with Gasteiger partial charge in [-0.25, -0.2) is 0 Å². The highest BCUT2D eigenvalue weighted by Crippen LogP contribution is 2.26. The third-order valence-electron chi connectivity index (χ3n) is 2.81. The minimum absolute atomic E-state index is 0.284. The Hall–Kier alpha value is -1.91. The molecule has 1 unspecified atom stereocenters. The number of hydrogen-bond donors (Lipinski definition) is 2. The van der Waals surface area contributed by atoms with Gasteiger partial charge in [-0.3, -0.25) is 14.6 Å². The minimum Gasteiger partial charge on any atom is -0.481 e. The summed E-state index contributed by atoms with van der Waals surface area (Å²) in [7, 11) is 0. The molecule has 0 radical (unpaired) electrons. The van der Waals surface area contributed by atoms with Crippen LogP contribution in [0.15, 0.2) is 18.3 Å². The second kappa shape index (κ2) is 5.82. The molecule has 5 heteroatoms. The zero-order chi connectivity index (χ0) is 14.6. The van der Waals surface area contributed by atoms with Crippen molar-refractivity contribution in [2.24, 2.45) is 11.3 Å². The van der Waals surface area contributed by atoms with E-state index in [-0.39, 0.29) is 6.54 Å². The van der Waals surface area contributed by atoms with Gasteiger partial charge in [0.1, 0.15) is 5.92 Å². The summed E-state index contributed by atoms with van der Waals surface area (Å²) >= 11 is 0. The molecule has 0 aromatic carbocycles. The quantitative estimate of drug-likeness (QED) is 0.812. The fourth-order valence-electron chi connectivity index (χ4n) is 1.77. The minimum atomic E-state index is -1.10. The highest BCUT2D eigenvalue weighted by atomic mass is 16.4. The highest BCUT2D eigenvalue weighted by molar-refractivity contribution is 5.97. The molecule has 0 saturated heterocycles. The summed E-state index contributed by atoms with van der Waals surface area (Å²) in [6, 6.07) is 3.70. The maximum Gasteiger partial charge on any atom is 0.316 e. The van der Waals surface area contributed by atoms with Gasteiger partial charge in [-0.05, 0) is 24.0 Å². The van der Waals surface area contributed by atoms with E-state index < -0.39 is 23.2 Å². The van der Waals surface area contributed by atoms with Crippen LogP contribution in [0.4, 0.5) is 0 Å². The Morgan fingerprint density at radius 2 is 2.00 bits per heavy atom. The number of nitrogens with zero attached hydrogens (tertiary/aromatic N) is 1. The second-order valence-corrected chi connectivity index (χ2v) is 5.66. The van der Waals surface area contributed by atoms with Crippen LogP contribution in [0.5, 0.6) is 0 Å². The summed E-state index contributed by atoms with van der Waals surface area (Å²) in [6.07, 6.45) is 1.67. The van der Waals surface area contributed by atoms with Crippen molar-refractivity contribution >= 4 is 11.9 Å². The van der Waals surface area contributed by atoms with Gasteiger partial charge in [-0.1, -0.05) is 26.8 Å². The molecule has 19 heavy (non-hydrogen) atoms. The van der Waals surface area contributed by atoms with Gasteiger partial charge in [0.25, 0.3) is 0 Å². The predicted octanol–water partition coefficient (Wildman–Crippen LogP) is 1.75. The van der Waals surface area contributed by atoms with Crippen molar-refractivity contribution in [1.82, 2.24) is 10.3 Å². The van der Waals surface area contributed by atoms with E-state index in [1.165, 1.54) is 0 Å². The number of carbonyl (C=O) groups excluding carboxylic acids is 1. The lowest BCUT2D eigenvalue weighted by atomic mass is 9.80. The first-order valence-corrected chi connectivity index (χ1v) is 6.14. The SMILES string of the molecule is Cc1ccc(CNC(=O)C(C(=O)O)C(C)(C)C)cn1. The van der Waals surface area contributed by atoms with E-state index in [0.29, 0.717) is 0 Å². The zero-order valence-corrected chi connectivity index (χ0v) is 11.7. The molecular formula is C14H20N2O3. The van der Waals surface area contributed by atoms with Crippen molar-refractivity contribution in [2.45, 2.75) is 34.2 Å². The Morgan fingerprint density at radius 3 is 2.42 bits per heavy atom. The van der Waals surface area contributed by atoms with E-state index in [4.69, 9.17) is 5.11 Å².